The topological polar surface area (TPSA) is 107 Å². The van der Waals surface area contributed by atoms with Gasteiger partial charge in [0.1, 0.15) is 0 Å². The third-order valence-corrected chi connectivity index (χ3v) is 3.30. The quantitative estimate of drug-likeness (QED) is 0.708. The molecule has 0 saturated carbocycles. The van der Waals surface area contributed by atoms with Crippen LogP contribution in [0.4, 0.5) is 5.95 Å². The van der Waals surface area contributed by atoms with Crippen molar-refractivity contribution < 1.29 is 9.21 Å². The molecular formula is C13H10N6O2S. The van der Waals surface area contributed by atoms with Crippen molar-refractivity contribution in [2.24, 2.45) is 0 Å². The van der Waals surface area contributed by atoms with E-state index in [1.54, 1.807) is 43.0 Å². The van der Waals surface area contributed by atoms with Crippen LogP contribution in [0.5, 0.6) is 0 Å². The lowest BCUT2D eigenvalue weighted by atomic mass is 10.3. The van der Waals surface area contributed by atoms with Crippen molar-refractivity contribution in [3.05, 3.63) is 43.0 Å². The highest BCUT2D eigenvalue weighted by molar-refractivity contribution is 7.99. The fourth-order valence-corrected chi connectivity index (χ4v) is 2.09. The van der Waals surface area contributed by atoms with E-state index in [1.165, 1.54) is 0 Å². The molecule has 0 fully saturated rings. The number of anilines is 1. The summed E-state index contributed by atoms with van der Waals surface area (Å²) < 4.78 is 5.47. The summed E-state index contributed by atoms with van der Waals surface area (Å²) in [5.74, 6) is 0.517. The maximum absolute atomic E-state index is 11.8. The Morgan fingerprint density at radius 3 is 2.68 bits per heavy atom. The molecule has 3 aromatic heterocycles. The van der Waals surface area contributed by atoms with Gasteiger partial charge < -0.3 is 4.42 Å². The molecule has 0 bridgehead atoms. The van der Waals surface area contributed by atoms with Gasteiger partial charge >= 0.3 is 0 Å². The molecule has 3 aromatic rings. The lowest BCUT2D eigenvalue weighted by Gasteiger charge is -2.00. The van der Waals surface area contributed by atoms with E-state index in [2.05, 4.69) is 30.5 Å². The normalized spacial score (nSPS) is 10.4. The smallest absolute Gasteiger partial charge is 0.277 e. The van der Waals surface area contributed by atoms with Gasteiger partial charge in [-0.25, -0.2) is 9.97 Å². The van der Waals surface area contributed by atoms with Crippen molar-refractivity contribution >= 4 is 23.6 Å². The van der Waals surface area contributed by atoms with Gasteiger partial charge in [0.05, 0.1) is 5.75 Å². The summed E-state index contributed by atoms with van der Waals surface area (Å²) in [6.45, 7) is 0. The summed E-state index contributed by atoms with van der Waals surface area (Å²) in [4.78, 5) is 23.5. The van der Waals surface area contributed by atoms with Gasteiger partial charge in [-0.3, -0.25) is 15.1 Å². The second kappa shape index (κ2) is 6.76. The summed E-state index contributed by atoms with van der Waals surface area (Å²) in [6, 6.07) is 5.20. The van der Waals surface area contributed by atoms with Crippen LogP contribution in [0, 0.1) is 0 Å². The number of carbonyl (C=O) groups excluding carboxylic acids is 1. The number of nitrogens with one attached hydrogen (secondary N) is 1. The summed E-state index contributed by atoms with van der Waals surface area (Å²) in [5.41, 5.74) is 0.775. The average Bonchev–Trinajstić information content (AvgIpc) is 3.04. The minimum absolute atomic E-state index is 0.121. The molecule has 3 heterocycles. The number of thioether (sulfide) groups is 1. The number of rotatable bonds is 5. The van der Waals surface area contributed by atoms with Crippen molar-refractivity contribution in [1.29, 1.82) is 0 Å². The molecule has 8 nitrogen and oxygen atoms in total. The molecule has 1 N–H and O–H groups in total. The van der Waals surface area contributed by atoms with Crippen molar-refractivity contribution in [3.63, 3.8) is 0 Å². The van der Waals surface area contributed by atoms with E-state index >= 15 is 0 Å². The maximum Gasteiger partial charge on any atom is 0.277 e. The molecule has 0 aliphatic carbocycles. The van der Waals surface area contributed by atoms with Crippen LogP contribution in [0.1, 0.15) is 0 Å². The number of carbonyl (C=O) groups is 1. The zero-order valence-corrected chi connectivity index (χ0v) is 12.0. The molecule has 22 heavy (non-hydrogen) atoms. The van der Waals surface area contributed by atoms with Gasteiger partial charge in [-0.2, -0.15) is 0 Å². The van der Waals surface area contributed by atoms with Crippen molar-refractivity contribution in [3.8, 4) is 11.5 Å². The van der Waals surface area contributed by atoms with Gasteiger partial charge in [-0.1, -0.05) is 11.8 Å². The average molecular weight is 314 g/mol. The Hall–Kier alpha value is -2.81. The van der Waals surface area contributed by atoms with E-state index in [4.69, 9.17) is 4.42 Å². The van der Waals surface area contributed by atoms with Crippen LogP contribution in [-0.2, 0) is 4.79 Å². The van der Waals surface area contributed by atoms with Crippen LogP contribution in [0.15, 0.2) is 52.6 Å². The lowest BCUT2D eigenvalue weighted by molar-refractivity contribution is -0.113. The van der Waals surface area contributed by atoms with Gasteiger partial charge in [0.2, 0.25) is 17.7 Å². The number of pyridine rings is 1. The number of amides is 1. The minimum Gasteiger partial charge on any atom is -0.411 e. The molecular weight excluding hydrogens is 304 g/mol. The first-order chi connectivity index (χ1) is 10.8. The molecule has 0 aromatic carbocycles. The summed E-state index contributed by atoms with van der Waals surface area (Å²) in [5, 5.41) is 10.7. The van der Waals surface area contributed by atoms with E-state index in [-0.39, 0.29) is 17.6 Å². The van der Waals surface area contributed by atoms with Gasteiger partial charge in [0.25, 0.3) is 5.22 Å². The van der Waals surface area contributed by atoms with Crippen molar-refractivity contribution in [1.82, 2.24) is 25.1 Å². The molecule has 3 rings (SSSR count). The first kappa shape index (κ1) is 14.1. The minimum atomic E-state index is -0.250. The Bertz CT molecular complexity index is 749. The molecule has 0 atom stereocenters. The largest absolute Gasteiger partial charge is 0.411 e. The van der Waals surface area contributed by atoms with E-state index in [9.17, 15) is 4.79 Å². The highest BCUT2D eigenvalue weighted by Gasteiger charge is 2.11. The van der Waals surface area contributed by atoms with Crippen LogP contribution in [0.25, 0.3) is 11.5 Å². The molecule has 0 spiro atoms. The van der Waals surface area contributed by atoms with Crippen LogP contribution in [0.3, 0.4) is 0 Å². The monoisotopic (exact) mass is 314 g/mol. The Labute approximate surface area is 129 Å². The Morgan fingerprint density at radius 2 is 1.91 bits per heavy atom. The molecule has 0 saturated heterocycles. The summed E-state index contributed by atoms with van der Waals surface area (Å²) in [6.07, 6.45) is 6.38. The fraction of sp³-hybridized carbons (Fsp3) is 0.0769. The third-order valence-electron chi connectivity index (χ3n) is 2.48. The highest BCUT2D eigenvalue weighted by Crippen LogP contribution is 2.22. The first-order valence-corrected chi connectivity index (χ1v) is 7.23. The lowest BCUT2D eigenvalue weighted by Crippen LogP contribution is -2.15. The Kier molecular flexibility index (Phi) is 4.35. The van der Waals surface area contributed by atoms with E-state index in [1.807, 2.05) is 0 Å². The van der Waals surface area contributed by atoms with Crippen LogP contribution >= 0.6 is 11.8 Å². The summed E-state index contributed by atoms with van der Waals surface area (Å²) >= 11 is 1.14. The number of hydrogen-bond acceptors (Lipinski definition) is 8. The number of hydrogen-bond donors (Lipinski definition) is 1. The SMILES string of the molecule is O=C(CSc1nnc(-c2ccncc2)o1)Nc1ncccn1. The zero-order chi connectivity index (χ0) is 15.2. The second-order valence-corrected chi connectivity index (χ2v) is 4.94. The second-order valence-electron chi connectivity index (χ2n) is 4.02. The van der Waals surface area contributed by atoms with Crippen LogP contribution in [0.2, 0.25) is 0 Å². The van der Waals surface area contributed by atoms with E-state index < -0.39 is 0 Å². The predicted octanol–water partition coefficient (Wildman–Crippen LogP) is 1.65. The molecule has 9 heteroatoms. The molecule has 110 valence electrons. The van der Waals surface area contributed by atoms with Crippen LogP contribution in [-0.4, -0.2) is 36.8 Å². The van der Waals surface area contributed by atoms with Gasteiger partial charge in [-0.15, -0.1) is 10.2 Å². The van der Waals surface area contributed by atoms with E-state index in [0.29, 0.717) is 11.1 Å². The maximum atomic E-state index is 11.8. The Morgan fingerprint density at radius 1 is 1.14 bits per heavy atom. The van der Waals surface area contributed by atoms with Gasteiger partial charge in [0.15, 0.2) is 0 Å². The van der Waals surface area contributed by atoms with Gasteiger partial charge in [-0.05, 0) is 18.2 Å². The number of aromatic nitrogens is 5. The Balaban J connectivity index is 1.56. The standard InChI is InChI=1S/C13H10N6O2S/c20-10(17-12-15-4-1-5-16-12)8-22-13-19-18-11(21-13)9-2-6-14-7-3-9/h1-7H,8H2,(H,15,16,17,20). The molecule has 0 aliphatic rings. The summed E-state index contributed by atoms with van der Waals surface area (Å²) in [7, 11) is 0. The van der Waals surface area contributed by atoms with E-state index in [0.717, 1.165) is 17.3 Å². The highest BCUT2D eigenvalue weighted by atomic mass is 32.2. The number of nitrogens with zero attached hydrogens (tertiary/aromatic N) is 5. The van der Waals surface area contributed by atoms with Crippen molar-refractivity contribution in [2.75, 3.05) is 11.1 Å². The fourth-order valence-electron chi connectivity index (χ4n) is 1.53. The third kappa shape index (κ3) is 3.64. The van der Waals surface area contributed by atoms with Crippen LogP contribution < -0.4 is 5.32 Å². The molecule has 0 radical (unpaired) electrons. The molecule has 1 amide bonds. The van der Waals surface area contributed by atoms with Crippen molar-refractivity contribution in [2.45, 2.75) is 5.22 Å². The molecule has 0 aliphatic heterocycles. The van der Waals surface area contributed by atoms with Gasteiger partial charge in [0, 0.05) is 30.4 Å². The predicted molar refractivity (Wildman–Crippen MR) is 78.9 cm³/mol. The first-order valence-electron chi connectivity index (χ1n) is 6.25. The molecule has 0 unspecified atom stereocenters. The zero-order valence-electron chi connectivity index (χ0n) is 11.2.